The molecular formula is C15H22Cl4N2. The fourth-order valence-electron chi connectivity index (χ4n) is 2.60. The van der Waals surface area contributed by atoms with Gasteiger partial charge in [0.05, 0.1) is 0 Å². The maximum absolute atomic E-state index is 6.13. The van der Waals surface area contributed by atoms with E-state index < -0.39 is 0 Å². The summed E-state index contributed by atoms with van der Waals surface area (Å²) in [5.41, 5.74) is 1.21. The molecule has 0 saturated carbocycles. The Morgan fingerprint density at radius 2 is 1.71 bits per heavy atom. The van der Waals surface area contributed by atoms with Crippen LogP contribution in [0.2, 0.25) is 10.0 Å². The van der Waals surface area contributed by atoms with E-state index in [1.165, 1.54) is 5.56 Å². The highest BCUT2D eigenvalue weighted by atomic mass is 35.5. The monoisotopic (exact) mass is 370 g/mol. The molecule has 1 saturated heterocycles. The average Bonchev–Trinajstić information content (AvgIpc) is 2.39. The summed E-state index contributed by atoms with van der Waals surface area (Å²) < 4.78 is 0. The maximum Gasteiger partial charge on any atom is 0.0424 e. The summed E-state index contributed by atoms with van der Waals surface area (Å²) >= 11 is 12.3. The zero-order valence-corrected chi connectivity index (χ0v) is 15.0. The lowest BCUT2D eigenvalue weighted by molar-refractivity contribution is 0.166. The van der Waals surface area contributed by atoms with Crippen LogP contribution in [0.25, 0.3) is 0 Å². The van der Waals surface area contributed by atoms with Crippen molar-refractivity contribution in [2.24, 2.45) is 0 Å². The van der Waals surface area contributed by atoms with E-state index in [0.29, 0.717) is 16.1 Å². The molecule has 0 radical (unpaired) electrons. The molecule has 1 aromatic rings. The topological polar surface area (TPSA) is 15.3 Å². The van der Waals surface area contributed by atoms with E-state index in [2.05, 4.69) is 16.8 Å². The second kappa shape index (κ2) is 10.7. The predicted octanol–water partition coefficient (Wildman–Crippen LogP) is 4.75. The Balaban J connectivity index is 0.00000200. The van der Waals surface area contributed by atoms with Gasteiger partial charge in [0.1, 0.15) is 0 Å². The van der Waals surface area contributed by atoms with Crippen LogP contribution in [0, 0.1) is 0 Å². The zero-order valence-electron chi connectivity index (χ0n) is 11.9. The van der Waals surface area contributed by atoms with Crippen molar-refractivity contribution in [1.29, 1.82) is 0 Å². The van der Waals surface area contributed by atoms with E-state index in [0.717, 1.165) is 39.0 Å². The van der Waals surface area contributed by atoms with Crippen molar-refractivity contribution < 1.29 is 0 Å². The van der Waals surface area contributed by atoms with Crippen LogP contribution in [0.5, 0.6) is 0 Å². The van der Waals surface area contributed by atoms with Crippen LogP contribution in [-0.2, 0) is 0 Å². The number of piperazine rings is 1. The van der Waals surface area contributed by atoms with Gasteiger partial charge in [-0.05, 0) is 36.6 Å². The second-order valence-electron chi connectivity index (χ2n) is 4.87. The molecule has 1 aliphatic rings. The molecule has 1 N–H and O–H groups in total. The molecule has 120 valence electrons. The van der Waals surface area contributed by atoms with E-state index in [1.54, 1.807) is 6.07 Å². The number of nitrogens with zero attached hydrogens (tertiary/aromatic N) is 1. The van der Waals surface area contributed by atoms with Gasteiger partial charge in [-0.1, -0.05) is 29.3 Å². The van der Waals surface area contributed by atoms with Crippen molar-refractivity contribution in [2.75, 3.05) is 26.2 Å². The average molecular weight is 372 g/mol. The van der Waals surface area contributed by atoms with Crippen molar-refractivity contribution in [2.45, 2.75) is 18.9 Å². The molecule has 1 atom stereocenters. The summed E-state index contributed by atoms with van der Waals surface area (Å²) in [6.45, 7) is 8.03. The van der Waals surface area contributed by atoms with Gasteiger partial charge < -0.3 is 5.32 Å². The summed E-state index contributed by atoms with van der Waals surface area (Å²) in [6.07, 6.45) is 4.03. The largest absolute Gasteiger partial charge is 0.314 e. The Labute approximate surface area is 149 Å². The van der Waals surface area contributed by atoms with E-state index in [4.69, 9.17) is 23.2 Å². The molecule has 0 spiro atoms. The molecule has 21 heavy (non-hydrogen) atoms. The van der Waals surface area contributed by atoms with Crippen LogP contribution >= 0.6 is 48.0 Å². The molecular weight excluding hydrogens is 350 g/mol. The lowest BCUT2D eigenvalue weighted by Crippen LogP contribution is -2.45. The van der Waals surface area contributed by atoms with Crippen molar-refractivity contribution in [3.63, 3.8) is 0 Å². The van der Waals surface area contributed by atoms with E-state index in [-0.39, 0.29) is 24.8 Å². The Morgan fingerprint density at radius 1 is 1.14 bits per heavy atom. The molecule has 0 bridgehead atoms. The number of benzene rings is 1. The lowest BCUT2D eigenvalue weighted by Gasteiger charge is -2.35. The fraction of sp³-hybridized carbons (Fsp3) is 0.467. The van der Waals surface area contributed by atoms with Crippen molar-refractivity contribution in [3.8, 4) is 0 Å². The first kappa shape index (κ1) is 21.0. The van der Waals surface area contributed by atoms with Gasteiger partial charge in [0.15, 0.2) is 0 Å². The maximum atomic E-state index is 6.13. The summed E-state index contributed by atoms with van der Waals surface area (Å²) in [7, 11) is 0. The third kappa shape index (κ3) is 6.35. The van der Waals surface area contributed by atoms with Crippen molar-refractivity contribution >= 4 is 48.0 Å². The van der Waals surface area contributed by atoms with E-state index in [9.17, 15) is 0 Å². The van der Waals surface area contributed by atoms with Crippen molar-refractivity contribution in [3.05, 3.63) is 46.5 Å². The summed E-state index contributed by atoms with van der Waals surface area (Å²) in [5, 5.41) is 4.80. The van der Waals surface area contributed by atoms with E-state index in [1.807, 2.05) is 18.2 Å². The number of hydrogen-bond donors (Lipinski definition) is 1. The molecule has 1 aliphatic heterocycles. The molecule has 0 aromatic heterocycles. The second-order valence-corrected chi connectivity index (χ2v) is 5.74. The minimum Gasteiger partial charge on any atom is -0.314 e. The van der Waals surface area contributed by atoms with Crippen molar-refractivity contribution in [1.82, 2.24) is 10.2 Å². The highest BCUT2D eigenvalue weighted by Crippen LogP contribution is 2.30. The van der Waals surface area contributed by atoms with Gasteiger partial charge in [-0.15, -0.1) is 31.4 Å². The standard InChI is InChI=1S/C15H20Cl2N2.2ClH/c1-2-3-4-15(19-7-5-18-6-8-19)12-9-13(16)11-14(17)10-12;;/h2,9-11,15,18H,1,3-8H2;2*1H/t15-;;/m0../s1. The molecule has 1 aromatic carbocycles. The summed E-state index contributed by atoms with van der Waals surface area (Å²) in [6, 6.07) is 6.22. The molecule has 6 heteroatoms. The number of nitrogens with one attached hydrogen (secondary N) is 1. The predicted molar refractivity (Wildman–Crippen MR) is 97.6 cm³/mol. The lowest BCUT2D eigenvalue weighted by atomic mass is 9.99. The smallest absolute Gasteiger partial charge is 0.0424 e. The SMILES string of the molecule is C=CCC[C@@H](c1cc(Cl)cc(Cl)c1)N1CCNCC1.Cl.Cl. The van der Waals surface area contributed by atoms with Gasteiger partial charge in [0, 0.05) is 42.3 Å². The Morgan fingerprint density at radius 3 is 2.24 bits per heavy atom. The normalized spacial score (nSPS) is 16.5. The fourth-order valence-corrected chi connectivity index (χ4v) is 3.14. The number of rotatable bonds is 5. The Bertz CT molecular complexity index is 413. The first-order valence-electron chi connectivity index (χ1n) is 6.72. The molecule has 0 aliphatic carbocycles. The molecule has 1 heterocycles. The van der Waals surface area contributed by atoms with Crippen LogP contribution in [-0.4, -0.2) is 31.1 Å². The summed E-state index contributed by atoms with van der Waals surface area (Å²) in [5.74, 6) is 0. The number of hydrogen-bond acceptors (Lipinski definition) is 2. The molecule has 2 rings (SSSR count). The highest BCUT2D eigenvalue weighted by Gasteiger charge is 2.22. The molecule has 0 unspecified atom stereocenters. The number of allylic oxidation sites excluding steroid dienone is 1. The van der Waals surface area contributed by atoms with Gasteiger partial charge in [0.2, 0.25) is 0 Å². The van der Waals surface area contributed by atoms with Crippen LogP contribution in [0.15, 0.2) is 30.9 Å². The number of halogens is 4. The zero-order chi connectivity index (χ0) is 13.7. The van der Waals surface area contributed by atoms with Gasteiger partial charge in [0.25, 0.3) is 0 Å². The highest BCUT2D eigenvalue weighted by molar-refractivity contribution is 6.34. The first-order chi connectivity index (χ1) is 9.20. The minimum atomic E-state index is 0. The Hall–Kier alpha value is 0.0400. The summed E-state index contributed by atoms with van der Waals surface area (Å²) in [4.78, 5) is 2.50. The van der Waals surface area contributed by atoms with Crippen LogP contribution in [0.4, 0.5) is 0 Å². The van der Waals surface area contributed by atoms with Crippen LogP contribution in [0.3, 0.4) is 0 Å². The van der Waals surface area contributed by atoms with Crippen LogP contribution in [0.1, 0.15) is 24.4 Å². The molecule has 1 fully saturated rings. The first-order valence-corrected chi connectivity index (χ1v) is 7.48. The van der Waals surface area contributed by atoms with Gasteiger partial charge in [-0.3, -0.25) is 4.90 Å². The van der Waals surface area contributed by atoms with Crippen LogP contribution < -0.4 is 5.32 Å². The van der Waals surface area contributed by atoms with Gasteiger partial charge in [-0.25, -0.2) is 0 Å². The quantitative estimate of drug-likeness (QED) is 0.751. The van der Waals surface area contributed by atoms with Gasteiger partial charge in [-0.2, -0.15) is 0 Å². The third-order valence-corrected chi connectivity index (χ3v) is 3.94. The Kier molecular flexibility index (Phi) is 10.7. The minimum absolute atomic E-state index is 0. The molecule has 0 amide bonds. The van der Waals surface area contributed by atoms with E-state index >= 15 is 0 Å². The third-order valence-electron chi connectivity index (χ3n) is 3.51. The molecule has 2 nitrogen and oxygen atoms in total. The van der Waals surface area contributed by atoms with Gasteiger partial charge >= 0.3 is 0 Å².